The summed E-state index contributed by atoms with van der Waals surface area (Å²) >= 11 is 0. The molecule has 0 saturated heterocycles. The number of pyridine rings is 1. The predicted molar refractivity (Wildman–Crippen MR) is 82.4 cm³/mol. The molecule has 0 amide bonds. The summed E-state index contributed by atoms with van der Waals surface area (Å²) < 4.78 is 18.4. The summed E-state index contributed by atoms with van der Waals surface area (Å²) in [6.07, 6.45) is 3.43. The lowest BCUT2D eigenvalue weighted by atomic mass is 10.1. The van der Waals surface area contributed by atoms with Crippen LogP contribution in [0.1, 0.15) is 0 Å². The van der Waals surface area contributed by atoms with Crippen molar-refractivity contribution in [3.05, 3.63) is 54.6 Å². The number of anilines is 3. The number of ether oxygens (including phenoxy) is 1. The van der Waals surface area contributed by atoms with Crippen LogP contribution in [0.4, 0.5) is 21.5 Å². The Hall–Kier alpha value is -2.82. The topological polar surface area (TPSA) is 60.2 Å². The molecule has 4 nitrogen and oxygen atoms in total. The van der Waals surface area contributed by atoms with Crippen LogP contribution in [0.3, 0.4) is 0 Å². The van der Waals surface area contributed by atoms with Gasteiger partial charge in [0.2, 0.25) is 0 Å². The highest BCUT2D eigenvalue weighted by Crippen LogP contribution is 2.31. The van der Waals surface area contributed by atoms with Crippen LogP contribution in [-0.4, -0.2) is 12.1 Å². The molecule has 0 atom stereocenters. The minimum absolute atomic E-state index is 0.196. The maximum absolute atomic E-state index is 13.4. The van der Waals surface area contributed by atoms with Gasteiger partial charge >= 0.3 is 0 Å². The first-order valence-electron chi connectivity index (χ1n) is 6.42. The third-order valence-corrected chi connectivity index (χ3v) is 3.28. The normalized spacial score (nSPS) is 10.6. The molecule has 1 aromatic heterocycles. The molecule has 0 spiro atoms. The van der Waals surface area contributed by atoms with E-state index >= 15 is 0 Å². The Bertz CT molecular complexity index is 805. The molecule has 0 aliphatic heterocycles. The van der Waals surface area contributed by atoms with Crippen molar-refractivity contribution < 1.29 is 9.13 Å². The van der Waals surface area contributed by atoms with Gasteiger partial charge in [0, 0.05) is 46.3 Å². The molecule has 0 unspecified atom stereocenters. The van der Waals surface area contributed by atoms with Crippen LogP contribution in [0.15, 0.2) is 48.8 Å². The van der Waals surface area contributed by atoms with E-state index < -0.39 is 5.82 Å². The van der Waals surface area contributed by atoms with Gasteiger partial charge < -0.3 is 15.8 Å². The molecule has 0 radical (unpaired) electrons. The van der Waals surface area contributed by atoms with Gasteiger partial charge in [0.25, 0.3) is 0 Å². The number of hydrogen-bond donors (Lipinski definition) is 2. The fourth-order valence-corrected chi connectivity index (χ4v) is 2.21. The summed E-state index contributed by atoms with van der Waals surface area (Å²) in [6.45, 7) is 0. The van der Waals surface area contributed by atoms with E-state index in [0.717, 1.165) is 22.1 Å². The van der Waals surface area contributed by atoms with E-state index in [9.17, 15) is 4.39 Å². The molecule has 106 valence electrons. The highest BCUT2D eigenvalue weighted by atomic mass is 19.1. The second-order valence-electron chi connectivity index (χ2n) is 4.60. The van der Waals surface area contributed by atoms with Crippen molar-refractivity contribution in [2.24, 2.45) is 0 Å². The lowest BCUT2D eigenvalue weighted by molar-refractivity contribution is 0.387. The van der Waals surface area contributed by atoms with Gasteiger partial charge in [0.05, 0.1) is 7.11 Å². The summed E-state index contributed by atoms with van der Waals surface area (Å²) in [6, 6.07) is 10.2. The van der Waals surface area contributed by atoms with Crippen molar-refractivity contribution in [3.63, 3.8) is 0 Å². The van der Waals surface area contributed by atoms with Crippen LogP contribution in [0.2, 0.25) is 0 Å². The molecule has 5 heteroatoms. The van der Waals surface area contributed by atoms with E-state index in [4.69, 9.17) is 10.5 Å². The van der Waals surface area contributed by atoms with Gasteiger partial charge in [0.1, 0.15) is 0 Å². The number of nitrogens with two attached hydrogens (primary N) is 1. The van der Waals surface area contributed by atoms with Crippen molar-refractivity contribution in [2.45, 2.75) is 0 Å². The zero-order valence-electron chi connectivity index (χ0n) is 11.4. The van der Waals surface area contributed by atoms with E-state index in [1.807, 2.05) is 18.2 Å². The number of hydrogen-bond acceptors (Lipinski definition) is 4. The van der Waals surface area contributed by atoms with Crippen molar-refractivity contribution in [1.82, 2.24) is 4.98 Å². The zero-order chi connectivity index (χ0) is 14.8. The lowest BCUT2D eigenvalue weighted by Gasteiger charge is -2.12. The van der Waals surface area contributed by atoms with Crippen LogP contribution < -0.4 is 15.8 Å². The Morgan fingerprint density at radius 2 is 2.00 bits per heavy atom. The second-order valence-corrected chi connectivity index (χ2v) is 4.60. The van der Waals surface area contributed by atoms with Crippen LogP contribution >= 0.6 is 0 Å². The van der Waals surface area contributed by atoms with Gasteiger partial charge in [-0.3, -0.25) is 4.98 Å². The maximum Gasteiger partial charge on any atom is 0.165 e. The summed E-state index contributed by atoms with van der Waals surface area (Å²) in [7, 11) is 1.44. The Kier molecular flexibility index (Phi) is 3.31. The second kappa shape index (κ2) is 5.28. The number of halogens is 1. The SMILES string of the molecule is COc1cc(Nc2ccc(N)c3cnccc23)ccc1F. The molecule has 1 heterocycles. The summed E-state index contributed by atoms with van der Waals surface area (Å²) in [5.74, 6) is -0.198. The van der Waals surface area contributed by atoms with Gasteiger partial charge in [-0.25, -0.2) is 4.39 Å². The Morgan fingerprint density at radius 1 is 1.14 bits per heavy atom. The molecule has 3 aromatic rings. The zero-order valence-corrected chi connectivity index (χ0v) is 11.4. The van der Waals surface area contributed by atoms with E-state index in [1.165, 1.54) is 13.2 Å². The smallest absolute Gasteiger partial charge is 0.165 e. The van der Waals surface area contributed by atoms with Gasteiger partial charge in [-0.1, -0.05) is 0 Å². The minimum atomic E-state index is -0.394. The van der Waals surface area contributed by atoms with Crippen molar-refractivity contribution in [2.75, 3.05) is 18.2 Å². The fraction of sp³-hybridized carbons (Fsp3) is 0.0625. The standard InChI is InChI=1S/C16H14FN3O/c1-21-16-8-10(2-3-13(16)17)20-15-5-4-14(18)12-9-19-7-6-11(12)15/h2-9,20H,18H2,1H3. The molecule has 0 aliphatic carbocycles. The van der Waals surface area contributed by atoms with E-state index in [-0.39, 0.29) is 5.75 Å². The maximum atomic E-state index is 13.4. The molecular weight excluding hydrogens is 269 g/mol. The Morgan fingerprint density at radius 3 is 2.81 bits per heavy atom. The van der Waals surface area contributed by atoms with E-state index in [0.29, 0.717) is 5.69 Å². The molecule has 0 aliphatic rings. The first kappa shape index (κ1) is 13.2. The number of nitrogen functional groups attached to an aromatic ring is 1. The molecule has 0 bridgehead atoms. The van der Waals surface area contributed by atoms with Crippen molar-refractivity contribution in [1.29, 1.82) is 0 Å². The first-order chi connectivity index (χ1) is 10.2. The number of methoxy groups -OCH3 is 1. The number of aromatic nitrogens is 1. The third kappa shape index (κ3) is 2.45. The molecule has 2 aromatic carbocycles. The van der Waals surface area contributed by atoms with Gasteiger partial charge in [-0.05, 0) is 30.3 Å². The fourth-order valence-electron chi connectivity index (χ4n) is 2.21. The number of rotatable bonds is 3. The molecular formula is C16H14FN3O. The number of nitrogens with zero attached hydrogens (tertiary/aromatic N) is 1. The summed E-state index contributed by atoms with van der Waals surface area (Å²) in [5.41, 5.74) is 8.22. The minimum Gasteiger partial charge on any atom is -0.494 e. The van der Waals surface area contributed by atoms with Crippen LogP contribution in [0.25, 0.3) is 10.8 Å². The monoisotopic (exact) mass is 283 g/mol. The van der Waals surface area contributed by atoms with E-state index in [2.05, 4.69) is 10.3 Å². The molecule has 3 N–H and O–H groups in total. The predicted octanol–water partition coefficient (Wildman–Crippen LogP) is 3.71. The summed E-state index contributed by atoms with van der Waals surface area (Å²) in [4.78, 5) is 4.08. The third-order valence-electron chi connectivity index (χ3n) is 3.28. The van der Waals surface area contributed by atoms with Crippen molar-refractivity contribution in [3.8, 4) is 5.75 Å². The highest BCUT2D eigenvalue weighted by Gasteiger charge is 2.07. The Balaban J connectivity index is 2.04. The molecule has 21 heavy (non-hydrogen) atoms. The Labute approximate surface area is 121 Å². The highest BCUT2D eigenvalue weighted by molar-refractivity contribution is 6.01. The number of fused-ring (bicyclic) bond motifs is 1. The molecule has 0 fully saturated rings. The first-order valence-corrected chi connectivity index (χ1v) is 6.42. The van der Waals surface area contributed by atoms with Crippen LogP contribution in [0, 0.1) is 5.82 Å². The summed E-state index contributed by atoms with van der Waals surface area (Å²) in [5, 5.41) is 5.07. The van der Waals surface area contributed by atoms with Gasteiger partial charge in [0.15, 0.2) is 11.6 Å². The average Bonchev–Trinajstić information content (AvgIpc) is 2.52. The average molecular weight is 283 g/mol. The number of benzene rings is 2. The van der Waals surface area contributed by atoms with Gasteiger partial charge in [-0.15, -0.1) is 0 Å². The van der Waals surface area contributed by atoms with E-state index in [1.54, 1.807) is 24.5 Å². The van der Waals surface area contributed by atoms with Crippen LogP contribution in [-0.2, 0) is 0 Å². The quantitative estimate of drug-likeness (QED) is 0.719. The van der Waals surface area contributed by atoms with Crippen molar-refractivity contribution >= 4 is 27.8 Å². The number of nitrogens with one attached hydrogen (secondary N) is 1. The largest absolute Gasteiger partial charge is 0.494 e. The molecule has 3 rings (SSSR count). The van der Waals surface area contributed by atoms with Gasteiger partial charge in [-0.2, -0.15) is 0 Å². The molecule has 0 saturated carbocycles. The van der Waals surface area contributed by atoms with Crippen LogP contribution in [0.5, 0.6) is 5.75 Å². The lowest BCUT2D eigenvalue weighted by Crippen LogP contribution is -1.96.